The highest BCUT2D eigenvalue weighted by atomic mass is 35.5. The van der Waals surface area contributed by atoms with Crippen molar-refractivity contribution in [3.05, 3.63) is 28.3 Å². The number of rotatable bonds is 2. The molecule has 1 aromatic rings. The van der Waals surface area contributed by atoms with E-state index in [-0.39, 0.29) is 5.75 Å². The minimum absolute atomic E-state index is 0.284. The Kier molecular flexibility index (Phi) is 4.46. The molecule has 1 aromatic carbocycles. The lowest BCUT2D eigenvalue weighted by Crippen LogP contribution is -1.91. The molecule has 0 atom stereocenters. The third-order valence-corrected chi connectivity index (χ3v) is 2.88. The second kappa shape index (κ2) is 5.41. The molecule has 0 unspecified atom stereocenters. The molecule has 2 rings (SSSR count). The molecule has 1 saturated carbocycles. The van der Waals surface area contributed by atoms with Crippen molar-refractivity contribution in [2.75, 3.05) is 0 Å². The minimum Gasteiger partial charge on any atom is -0.508 e. The number of aryl methyl sites for hydroxylation is 1. The van der Waals surface area contributed by atoms with E-state index in [4.69, 9.17) is 11.6 Å². The maximum absolute atomic E-state index is 9.37. The second-order valence-electron chi connectivity index (χ2n) is 3.63. The van der Waals surface area contributed by atoms with Gasteiger partial charge < -0.3 is 5.11 Å². The van der Waals surface area contributed by atoms with Crippen LogP contribution in [0.15, 0.2) is 12.1 Å². The molecule has 2 heteroatoms. The highest BCUT2D eigenvalue weighted by molar-refractivity contribution is 6.31. The first-order chi connectivity index (χ1) is 7.22. The number of hydrogen-bond acceptors (Lipinski definition) is 1. The van der Waals surface area contributed by atoms with Crippen molar-refractivity contribution in [2.24, 2.45) is 0 Å². The summed E-state index contributed by atoms with van der Waals surface area (Å²) >= 11 is 6.09. The first kappa shape index (κ1) is 12.4. The predicted molar refractivity (Wildman–Crippen MR) is 65.8 cm³/mol. The zero-order valence-electron chi connectivity index (χ0n) is 9.68. The van der Waals surface area contributed by atoms with Crippen molar-refractivity contribution in [1.82, 2.24) is 0 Å². The molecule has 15 heavy (non-hydrogen) atoms. The van der Waals surface area contributed by atoms with Crippen molar-refractivity contribution in [2.45, 2.75) is 46.0 Å². The summed E-state index contributed by atoms with van der Waals surface area (Å²) in [6, 6.07) is 3.48. The summed E-state index contributed by atoms with van der Waals surface area (Å²) in [6.45, 7) is 6.09. The lowest BCUT2D eigenvalue weighted by molar-refractivity contribution is 0.474. The van der Waals surface area contributed by atoms with Crippen LogP contribution in [-0.4, -0.2) is 5.11 Å². The van der Waals surface area contributed by atoms with Gasteiger partial charge in [0.15, 0.2) is 0 Å². The van der Waals surface area contributed by atoms with Crippen LogP contribution < -0.4 is 0 Å². The monoisotopic (exact) mass is 226 g/mol. The summed E-state index contributed by atoms with van der Waals surface area (Å²) in [5, 5.41) is 10.1. The third-order valence-electron chi connectivity index (χ3n) is 2.57. The van der Waals surface area contributed by atoms with Crippen LogP contribution in [0.3, 0.4) is 0 Å². The number of phenolic OH excluding ortho intramolecular Hbond substituents is 1. The molecule has 1 aliphatic carbocycles. The zero-order chi connectivity index (χ0) is 11.4. The van der Waals surface area contributed by atoms with Gasteiger partial charge in [-0.05, 0) is 48.4 Å². The van der Waals surface area contributed by atoms with Crippen LogP contribution in [-0.2, 0) is 6.42 Å². The summed E-state index contributed by atoms with van der Waals surface area (Å²) in [4.78, 5) is 0. The molecule has 1 fully saturated rings. The van der Waals surface area contributed by atoms with E-state index in [9.17, 15) is 5.11 Å². The average Bonchev–Trinajstić information content (AvgIpc) is 3.03. The molecule has 84 valence electrons. The number of benzene rings is 1. The first-order valence-corrected chi connectivity index (χ1v) is 6.11. The topological polar surface area (TPSA) is 20.2 Å². The van der Waals surface area contributed by atoms with E-state index >= 15 is 0 Å². The van der Waals surface area contributed by atoms with Gasteiger partial charge in [-0.1, -0.05) is 32.4 Å². The standard InChI is InChI=1S/C11H13ClO.C2H6/c1-2-7-5-9(13)6-10(12)11(7)8-3-4-8;1-2/h5-6,8,13H,2-4H2,1H3;1-2H3. The van der Waals surface area contributed by atoms with Crippen LogP contribution >= 0.6 is 11.6 Å². The molecule has 0 amide bonds. The maximum Gasteiger partial charge on any atom is 0.117 e. The predicted octanol–water partition coefficient (Wildman–Crippen LogP) is 4.51. The Hall–Kier alpha value is -0.690. The summed E-state index contributed by atoms with van der Waals surface area (Å²) in [5.41, 5.74) is 2.47. The van der Waals surface area contributed by atoms with E-state index in [1.54, 1.807) is 6.07 Å². The first-order valence-electron chi connectivity index (χ1n) is 5.73. The summed E-state index contributed by atoms with van der Waals surface area (Å²) in [7, 11) is 0. The highest BCUT2D eigenvalue weighted by Gasteiger charge is 2.28. The summed E-state index contributed by atoms with van der Waals surface area (Å²) in [6.07, 6.45) is 3.44. The van der Waals surface area contributed by atoms with Gasteiger partial charge in [-0.15, -0.1) is 0 Å². The highest BCUT2D eigenvalue weighted by Crippen LogP contribution is 2.46. The Morgan fingerprint density at radius 3 is 2.40 bits per heavy atom. The molecule has 1 aliphatic rings. The molecular formula is C13H19ClO. The lowest BCUT2D eigenvalue weighted by Gasteiger charge is -2.09. The molecule has 0 radical (unpaired) electrons. The van der Waals surface area contributed by atoms with Gasteiger partial charge in [0.2, 0.25) is 0 Å². The molecule has 1 N–H and O–H groups in total. The van der Waals surface area contributed by atoms with Crippen molar-refractivity contribution < 1.29 is 5.11 Å². The average molecular weight is 227 g/mol. The summed E-state index contributed by atoms with van der Waals surface area (Å²) < 4.78 is 0. The maximum atomic E-state index is 9.37. The van der Waals surface area contributed by atoms with Crippen molar-refractivity contribution in [1.29, 1.82) is 0 Å². The normalized spacial score (nSPS) is 14.4. The van der Waals surface area contributed by atoms with Gasteiger partial charge in [-0.3, -0.25) is 0 Å². The summed E-state index contributed by atoms with van der Waals surface area (Å²) in [5.74, 6) is 0.939. The molecule has 0 saturated heterocycles. The molecule has 0 bridgehead atoms. The molecule has 0 heterocycles. The Balaban J connectivity index is 0.000000531. The third kappa shape index (κ3) is 2.88. The lowest BCUT2D eigenvalue weighted by atomic mass is 10.0. The largest absolute Gasteiger partial charge is 0.508 e. The SMILES string of the molecule is CC.CCc1cc(O)cc(Cl)c1C1CC1. The quantitative estimate of drug-likeness (QED) is 0.787. The number of halogens is 1. The van der Waals surface area contributed by atoms with Gasteiger partial charge in [0.1, 0.15) is 5.75 Å². The number of hydrogen-bond donors (Lipinski definition) is 1. The smallest absolute Gasteiger partial charge is 0.117 e. The van der Waals surface area contributed by atoms with Crippen LogP contribution in [0.5, 0.6) is 5.75 Å². The van der Waals surface area contributed by atoms with Gasteiger partial charge in [-0.2, -0.15) is 0 Å². The fourth-order valence-electron chi connectivity index (χ4n) is 1.78. The Morgan fingerprint density at radius 2 is 1.93 bits per heavy atom. The van der Waals surface area contributed by atoms with Gasteiger partial charge in [0, 0.05) is 5.02 Å². The fraction of sp³-hybridized carbons (Fsp3) is 0.538. The van der Waals surface area contributed by atoms with Gasteiger partial charge in [0.25, 0.3) is 0 Å². The van der Waals surface area contributed by atoms with Crippen LogP contribution in [0, 0.1) is 0 Å². The molecular weight excluding hydrogens is 208 g/mol. The van der Waals surface area contributed by atoms with E-state index in [1.165, 1.54) is 24.0 Å². The van der Waals surface area contributed by atoms with Crippen LogP contribution in [0.25, 0.3) is 0 Å². The zero-order valence-corrected chi connectivity index (χ0v) is 10.4. The van der Waals surface area contributed by atoms with Crippen LogP contribution in [0.1, 0.15) is 50.7 Å². The number of phenols is 1. The van der Waals surface area contributed by atoms with E-state index in [0.29, 0.717) is 5.92 Å². The Morgan fingerprint density at radius 1 is 1.33 bits per heavy atom. The molecule has 0 aromatic heterocycles. The van der Waals surface area contributed by atoms with E-state index < -0.39 is 0 Å². The molecule has 0 aliphatic heterocycles. The fourth-order valence-corrected chi connectivity index (χ4v) is 2.17. The van der Waals surface area contributed by atoms with Crippen molar-refractivity contribution in [3.8, 4) is 5.75 Å². The van der Waals surface area contributed by atoms with Crippen LogP contribution in [0.4, 0.5) is 0 Å². The van der Waals surface area contributed by atoms with E-state index in [2.05, 4.69) is 6.92 Å². The van der Waals surface area contributed by atoms with Gasteiger partial charge in [-0.25, -0.2) is 0 Å². The van der Waals surface area contributed by atoms with Crippen molar-refractivity contribution in [3.63, 3.8) is 0 Å². The second-order valence-corrected chi connectivity index (χ2v) is 4.04. The minimum atomic E-state index is 0.284. The van der Waals surface area contributed by atoms with E-state index in [0.717, 1.165) is 11.4 Å². The van der Waals surface area contributed by atoms with Gasteiger partial charge in [0.05, 0.1) is 0 Å². The van der Waals surface area contributed by atoms with E-state index in [1.807, 2.05) is 19.9 Å². The Labute approximate surface area is 97.1 Å². The number of aromatic hydroxyl groups is 1. The molecule has 0 spiro atoms. The molecule has 1 nitrogen and oxygen atoms in total. The van der Waals surface area contributed by atoms with Crippen LogP contribution in [0.2, 0.25) is 5.02 Å². The van der Waals surface area contributed by atoms with Gasteiger partial charge >= 0.3 is 0 Å². The Bertz CT molecular complexity index is 330. The van der Waals surface area contributed by atoms with Crippen molar-refractivity contribution >= 4 is 11.6 Å².